The fourth-order valence-corrected chi connectivity index (χ4v) is 5.11. The number of aromatic nitrogens is 6. The van der Waals surface area contributed by atoms with Gasteiger partial charge in [-0.05, 0) is 50.2 Å². The summed E-state index contributed by atoms with van der Waals surface area (Å²) in [6.07, 6.45) is 8.53. The molecule has 0 saturated heterocycles. The zero-order valence-corrected chi connectivity index (χ0v) is 23.7. The summed E-state index contributed by atoms with van der Waals surface area (Å²) in [6.45, 7) is 4.29. The van der Waals surface area contributed by atoms with Crippen LogP contribution in [0.25, 0.3) is 34.2 Å². The van der Waals surface area contributed by atoms with Crippen molar-refractivity contribution in [3.8, 4) is 34.2 Å². The predicted octanol–water partition coefficient (Wildman–Crippen LogP) is 6.20. The topological polar surface area (TPSA) is 61.4 Å². The first-order valence-electron chi connectivity index (χ1n) is 13.2. The fraction of sp³-hybridized carbons (Fsp3) is 0.152. The SMILES string of the molecule is CC1(C)c2cccc(n2)-n2[c-]c(c(-c3ccccc3)n2)CCc2[c-]n(nc2-c2ccccc2)-c2cccc1n2.[Pd+2]. The third kappa shape index (κ3) is 4.62. The first kappa shape index (κ1) is 26.1. The number of hydrogen-bond acceptors (Lipinski definition) is 4. The molecule has 0 atom stereocenters. The van der Waals surface area contributed by atoms with Crippen molar-refractivity contribution in [1.29, 1.82) is 0 Å². The molecular formula is C33H26N6Pd. The van der Waals surface area contributed by atoms with Crippen molar-refractivity contribution in [3.05, 3.63) is 132 Å². The molecule has 7 rings (SSSR count). The molecule has 4 aromatic heterocycles. The second-order valence-electron chi connectivity index (χ2n) is 10.3. The van der Waals surface area contributed by atoms with Crippen LogP contribution in [0.2, 0.25) is 0 Å². The van der Waals surface area contributed by atoms with E-state index in [0.29, 0.717) is 0 Å². The van der Waals surface area contributed by atoms with Crippen molar-refractivity contribution in [1.82, 2.24) is 29.5 Å². The maximum Gasteiger partial charge on any atom is 2.00 e. The van der Waals surface area contributed by atoms with Gasteiger partial charge < -0.3 is 9.36 Å². The van der Waals surface area contributed by atoms with E-state index >= 15 is 0 Å². The number of pyridine rings is 2. The van der Waals surface area contributed by atoms with Gasteiger partial charge in [-0.3, -0.25) is 20.2 Å². The molecule has 0 N–H and O–H groups in total. The molecule has 0 radical (unpaired) electrons. The Morgan fingerprint density at radius 2 is 1.00 bits per heavy atom. The molecular weight excluding hydrogens is 587 g/mol. The Morgan fingerprint density at radius 3 is 1.43 bits per heavy atom. The van der Waals surface area contributed by atoms with Gasteiger partial charge >= 0.3 is 20.4 Å². The molecule has 6 aromatic rings. The van der Waals surface area contributed by atoms with Gasteiger partial charge in [0.15, 0.2) is 0 Å². The number of fused-ring (bicyclic) bond motifs is 10. The van der Waals surface area contributed by atoms with Gasteiger partial charge in [-0.15, -0.1) is 11.1 Å². The Morgan fingerprint density at radius 1 is 0.575 bits per heavy atom. The van der Waals surface area contributed by atoms with Crippen LogP contribution < -0.4 is 0 Å². The Balaban J connectivity index is 0.00000289. The Hall–Kier alpha value is -4.18. The molecule has 7 heteroatoms. The number of nitrogens with zero attached hydrogens (tertiary/aromatic N) is 6. The van der Waals surface area contributed by atoms with Gasteiger partial charge in [0.05, 0.1) is 11.6 Å². The third-order valence-corrected chi connectivity index (χ3v) is 7.36. The molecule has 0 fully saturated rings. The molecule has 0 spiro atoms. The summed E-state index contributed by atoms with van der Waals surface area (Å²) in [5.41, 5.74) is 7.35. The van der Waals surface area contributed by atoms with Crippen LogP contribution in [0.3, 0.4) is 0 Å². The monoisotopic (exact) mass is 612 g/mol. The van der Waals surface area contributed by atoms with Gasteiger partial charge in [0.2, 0.25) is 0 Å². The van der Waals surface area contributed by atoms with Gasteiger partial charge in [-0.25, -0.2) is 0 Å². The van der Waals surface area contributed by atoms with E-state index in [0.717, 1.165) is 69.5 Å². The summed E-state index contributed by atoms with van der Waals surface area (Å²) in [5.74, 6) is 1.47. The molecule has 40 heavy (non-hydrogen) atoms. The zero-order chi connectivity index (χ0) is 26.4. The van der Waals surface area contributed by atoms with Gasteiger partial charge in [0, 0.05) is 16.8 Å². The van der Waals surface area contributed by atoms with Crippen molar-refractivity contribution >= 4 is 0 Å². The maximum atomic E-state index is 5.04. The molecule has 5 heterocycles. The van der Waals surface area contributed by atoms with Gasteiger partial charge in [-0.1, -0.05) is 108 Å². The van der Waals surface area contributed by atoms with Crippen LogP contribution in [0.4, 0.5) is 0 Å². The Bertz CT molecular complexity index is 1660. The normalized spacial score (nSPS) is 13.6. The first-order chi connectivity index (χ1) is 19.1. The first-order valence-corrected chi connectivity index (χ1v) is 13.2. The maximum absolute atomic E-state index is 5.04. The Kier molecular flexibility index (Phi) is 6.79. The largest absolute Gasteiger partial charge is 2.00 e. The number of benzene rings is 2. The molecule has 0 saturated carbocycles. The van der Waals surface area contributed by atoms with Crippen molar-refractivity contribution in [2.45, 2.75) is 32.1 Å². The Labute approximate surface area is 247 Å². The molecule has 0 aliphatic carbocycles. The predicted molar refractivity (Wildman–Crippen MR) is 151 cm³/mol. The summed E-state index contributed by atoms with van der Waals surface area (Å²) in [7, 11) is 0. The van der Waals surface area contributed by atoms with E-state index in [-0.39, 0.29) is 20.4 Å². The van der Waals surface area contributed by atoms with Crippen molar-refractivity contribution in [2.75, 3.05) is 0 Å². The molecule has 8 bridgehead atoms. The number of hydrogen-bond donors (Lipinski definition) is 0. The number of aryl methyl sites for hydroxylation is 2. The smallest absolute Gasteiger partial charge is 0.343 e. The van der Waals surface area contributed by atoms with Crippen LogP contribution in [0.1, 0.15) is 36.4 Å². The quantitative estimate of drug-likeness (QED) is 0.172. The van der Waals surface area contributed by atoms with Gasteiger partial charge in [0.25, 0.3) is 0 Å². The van der Waals surface area contributed by atoms with Crippen molar-refractivity contribution in [3.63, 3.8) is 0 Å². The van der Waals surface area contributed by atoms with E-state index in [2.05, 4.69) is 50.5 Å². The third-order valence-electron chi connectivity index (χ3n) is 7.36. The minimum absolute atomic E-state index is 0. The molecule has 6 nitrogen and oxygen atoms in total. The van der Waals surface area contributed by atoms with Crippen LogP contribution in [-0.2, 0) is 38.7 Å². The molecule has 1 aliphatic heterocycles. The van der Waals surface area contributed by atoms with E-state index in [1.54, 1.807) is 9.36 Å². The standard InChI is InChI=1S/C33H26N6.Pd/c1-33(2)27-15-9-17-29(34-27)38-21-25(31(36-38)23-11-5-3-6-12-23)19-20-26-22-39(30-18-10-16-28(33)35-30)37-32(26)24-13-7-4-8-14-24;/h3-18H,19-20H2,1-2H3;/q-2;+2. The van der Waals surface area contributed by atoms with Crippen molar-refractivity contribution in [2.24, 2.45) is 0 Å². The summed E-state index contributed by atoms with van der Waals surface area (Å²) in [5, 5.41) is 9.98. The number of rotatable bonds is 2. The van der Waals surface area contributed by atoms with Crippen molar-refractivity contribution < 1.29 is 20.4 Å². The zero-order valence-electron chi connectivity index (χ0n) is 22.2. The van der Waals surface area contributed by atoms with E-state index in [1.807, 2.05) is 72.8 Å². The molecule has 0 amide bonds. The summed E-state index contributed by atoms with van der Waals surface area (Å²) < 4.78 is 3.57. The fourth-order valence-electron chi connectivity index (χ4n) is 5.11. The average molecular weight is 613 g/mol. The van der Waals surface area contributed by atoms with E-state index < -0.39 is 5.41 Å². The van der Waals surface area contributed by atoms with Crippen LogP contribution in [0.5, 0.6) is 0 Å². The molecule has 0 unspecified atom stereocenters. The van der Waals surface area contributed by atoms with E-state index in [1.165, 1.54) is 0 Å². The van der Waals surface area contributed by atoms with E-state index in [9.17, 15) is 0 Å². The van der Waals surface area contributed by atoms with Gasteiger partial charge in [0.1, 0.15) is 0 Å². The minimum atomic E-state index is -0.456. The second-order valence-corrected chi connectivity index (χ2v) is 10.3. The molecule has 198 valence electrons. The van der Waals surface area contributed by atoms with Crippen LogP contribution in [0.15, 0.2) is 97.1 Å². The summed E-state index contributed by atoms with van der Waals surface area (Å²) in [4.78, 5) is 10.1. The van der Waals surface area contributed by atoms with Crippen LogP contribution in [-0.4, -0.2) is 29.5 Å². The summed E-state index contributed by atoms with van der Waals surface area (Å²) >= 11 is 0. The molecule has 1 aliphatic rings. The molecule has 2 aromatic carbocycles. The van der Waals surface area contributed by atoms with Crippen LogP contribution in [0, 0.1) is 12.4 Å². The van der Waals surface area contributed by atoms with E-state index in [4.69, 9.17) is 20.2 Å². The minimum Gasteiger partial charge on any atom is -0.343 e. The van der Waals surface area contributed by atoms with Crippen LogP contribution >= 0.6 is 0 Å². The average Bonchev–Trinajstić information content (AvgIpc) is 3.62. The summed E-state index contributed by atoms with van der Waals surface area (Å²) in [6, 6.07) is 32.7. The van der Waals surface area contributed by atoms with Gasteiger partial charge in [-0.2, -0.15) is 0 Å². The second kappa shape index (κ2) is 10.4.